The van der Waals surface area contributed by atoms with Crippen LogP contribution in [0.15, 0.2) is 12.5 Å². The molecular formula is C9H17N3OS. The van der Waals surface area contributed by atoms with Crippen molar-refractivity contribution in [3.05, 3.63) is 18.2 Å². The van der Waals surface area contributed by atoms with Gasteiger partial charge in [-0.2, -0.15) is 0 Å². The molecule has 2 N–H and O–H groups in total. The van der Waals surface area contributed by atoms with Gasteiger partial charge in [0.25, 0.3) is 0 Å². The number of aromatic nitrogens is 2. The molecule has 4 nitrogen and oxygen atoms in total. The highest BCUT2D eigenvalue weighted by atomic mass is 32.2. The summed E-state index contributed by atoms with van der Waals surface area (Å²) in [4.78, 5) is 4.04. The van der Waals surface area contributed by atoms with E-state index in [1.54, 1.807) is 18.8 Å². The Hall–Kier alpha value is -0.680. The van der Waals surface area contributed by atoms with E-state index in [1.807, 2.05) is 18.4 Å². The third-order valence-corrected chi connectivity index (χ3v) is 3.51. The molecule has 0 aromatic carbocycles. The molecule has 0 spiro atoms. The summed E-state index contributed by atoms with van der Waals surface area (Å²) < 4.78 is 13.2. The predicted molar refractivity (Wildman–Crippen MR) is 58.4 cm³/mol. The molecule has 0 saturated heterocycles. The van der Waals surface area contributed by atoms with Gasteiger partial charge in [-0.3, -0.25) is 4.21 Å². The Balaban J connectivity index is 2.76. The molecule has 1 heterocycles. The normalized spacial score (nSPS) is 17.7. The molecule has 1 aromatic heterocycles. The highest BCUT2D eigenvalue weighted by Crippen LogP contribution is 2.10. The van der Waals surface area contributed by atoms with Gasteiger partial charge in [0.05, 0.1) is 12.0 Å². The van der Waals surface area contributed by atoms with Crippen LogP contribution in [-0.2, 0) is 17.3 Å². The van der Waals surface area contributed by atoms with Gasteiger partial charge in [0, 0.05) is 41.1 Å². The molecule has 1 aromatic rings. The van der Waals surface area contributed by atoms with Crippen molar-refractivity contribution in [1.82, 2.24) is 9.55 Å². The Kier molecular flexibility index (Phi) is 3.83. The van der Waals surface area contributed by atoms with Gasteiger partial charge in [0.15, 0.2) is 0 Å². The number of hydrogen-bond donors (Lipinski definition) is 1. The monoisotopic (exact) mass is 215 g/mol. The van der Waals surface area contributed by atoms with E-state index in [0.29, 0.717) is 6.54 Å². The predicted octanol–water partition coefficient (Wildman–Crippen LogP) is 0.670. The number of rotatable bonds is 4. The van der Waals surface area contributed by atoms with E-state index < -0.39 is 10.8 Å². The van der Waals surface area contributed by atoms with E-state index in [0.717, 1.165) is 5.69 Å². The van der Waals surface area contributed by atoms with Crippen LogP contribution in [0.1, 0.15) is 25.6 Å². The molecule has 80 valence electrons. The molecule has 0 fully saturated rings. The van der Waals surface area contributed by atoms with Gasteiger partial charge in [0.1, 0.15) is 0 Å². The molecular weight excluding hydrogens is 198 g/mol. The van der Waals surface area contributed by atoms with E-state index in [4.69, 9.17) is 5.73 Å². The fraction of sp³-hybridized carbons (Fsp3) is 0.667. The molecule has 1 rings (SSSR count). The lowest BCUT2D eigenvalue weighted by Crippen LogP contribution is -2.20. The third-order valence-electron chi connectivity index (χ3n) is 2.23. The number of nitrogens with zero attached hydrogens (tertiary/aromatic N) is 2. The van der Waals surface area contributed by atoms with Crippen molar-refractivity contribution in [3.8, 4) is 0 Å². The Morgan fingerprint density at radius 1 is 1.64 bits per heavy atom. The van der Waals surface area contributed by atoms with Gasteiger partial charge < -0.3 is 10.3 Å². The third kappa shape index (κ3) is 2.65. The van der Waals surface area contributed by atoms with E-state index in [9.17, 15) is 4.21 Å². The van der Waals surface area contributed by atoms with Crippen LogP contribution >= 0.6 is 0 Å². The maximum Gasteiger partial charge on any atom is 0.0949 e. The summed E-state index contributed by atoms with van der Waals surface area (Å²) in [7, 11) is -0.806. The van der Waals surface area contributed by atoms with Gasteiger partial charge in [-0.1, -0.05) is 0 Å². The molecule has 5 heteroatoms. The summed E-state index contributed by atoms with van der Waals surface area (Å²) in [6.45, 7) is 4.59. The smallest absolute Gasteiger partial charge is 0.0949 e. The summed E-state index contributed by atoms with van der Waals surface area (Å²) in [6.07, 6.45) is 5.21. The molecule has 0 bridgehead atoms. The van der Waals surface area contributed by atoms with Gasteiger partial charge in [-0.15, -0.1) is 0 Å². The molecule has 0 aliphatic heterocycles. The molecule has 3 unspecified atom stereocenters. The first-order chi connectivity index (χ1) is 6.52. The number of hydrogen-bond acceptors (Lipinski definition) is 3. The summed E-state index contributed by atoms with van der Waals surface area (Å²) in [5.41, 5.74) is 6.76. The fourth-order valence-corrected chi connectivity index (χ4v) is 1.62. The van der Waals surface area contributed by atoms with Crippen molar-refractivity contribution in [3.63, 3.8) is 0 Å². The van der Waals surface area contributed by atoms with Crippen LogP contribution in [0.5, 0.6) is 0 Å². The van der Waals surface area contributed by atoms with E-state index >= 15 is 0 Å². The minimum absolute atomic E-state index is 0.0324. The van der Waals surface area contributed by atoms with Crippen molar-refractivity contribution in [2.75, 3.05) is 6.26 Å². The number of nitrogens with two attached hydrogens (primary N) is 1. The first kappa shape index (κ1) is 11.4. The Bertz CT molecular complexity index is 322. The van der Waals surface area contributed by atoms with Crippen molar-refractivity contribution < 1.29 is 4.21 Å². The van der Waals surface area contributed by atoms with E-state index in [1.165, 1.54) is 0 Å². The Morgan fingerprint density at radius 2 is 2.29 bits per heavy atom. The topological polar surface area (TPSA) is 60.9 Å². The SMILES string of the molecule is CC(N)c1cncn1CC(C)S(C)=O. The van der Waals surface area contributed by atoms with Crippen molar-refractivity contribution in [2.24, 2.45) is 5.73 Å². The fourth-order valence-electron chi connectivity index (χ4n) is 1.24. The second-order valence-corrected chi connectivity index (χ2v) is 5.37. The molecule has 0 aliphatic rings. The van der Waals surface area contributed by atoms with Gasteiger partial charge in [-0.05, 0) is 13.8 Å². The standard InChI is InChI=1S/C9H17N3OS/c1-7(14(3)13)5-12-6-11-4-9(12)8(2)10/h4,6-8H,5,10H2,1-3H3. The van der Waals surface area contributed by atoms with Crippen LogP contribution in [0.2, 0.25) is 0 Å². The van der Waals surface area contributed by atoms with Crippen molar-refractivity contribution >= 4 is 10.8 Å². The summed E-state index contributed by atoms with van der Waals surface area (Å²) in [6, 6.07) is -0.0324. The molecule has 0 saturated carbocycles. The first-order valence-corrected chi connectivity index (χ1v) is 6.22. The minimum Gasteiger partial charge on any atom is -0.332 e. The molecule has 3 atom stereocenters. The maximum absolute atomic E-state index is 11.2. The van der Waals surface area contributed by atoms with Crippen molar-refractivity contribution in [1.29, 1.82) is 0 Å². The second-order valence-electron chi connectivity index (χ2n) is 3.57. The van der Waals surface area contributed by atoms with Crippen LogP contribution in [0.4, 0.5) is 0 Å². The first-order valence-electron chi connectivity index (χ1n) is 4.60. The van der Waals surface area contributed by atoms with Gasteiger partial charge in [0.2, 0.25) is 0 Å². The molecule has 0 amide bonds. The Morgan fingerprint density at radius 3 is 2.79 bits per heavy atom. The van der Waals surface area contributed by atoms with Crippen LogP contribution in [0, 0.1) is 0 Å². The zero-order valence-corrected chi connectivity index (χ0v) is 9.62. The molecule has 14 heavy (non-hydrogen) atoms. The van der Waals surface area contributed by atoms with Crippen LogP contribution in [0.25, 0.3) is 0 Å². The number of imidazole rings is 1. The van der Waals surface area contributed by atoms with Crippen LogP contribution in [-0.4, -0.2) is 25.3 Å². The molecule has 0 radical (unpaired) electrons. The van der Waals surface area contributed by atoms with E-state index in [2.05, 4.69) is 4.98 Å². The summed E-state index contributed by atoms with van der Waals surface area (Å²) in [5.74, 6) is 0. The lowest BCUT2D eigenvalue weighted by molar-refractivity contribution is 0.605. The Labute approximate surface area is 87.0 Å². The minimum atomic E-state index is -0.806. The second kappa shape index (κ2) is 4.70. The highest BCUT2D eigenvalue weighted by Gasteiger charge is 2.11. The summed E-state index contributed by atoms with van der Waals surface area (Å²) in [5, 5.41) is 0.127. The van der Waals surface area contributed by atoms with Crippen LogP contribution in [0.3, 0.4) is 0 Å². The van der Waals surface area contributed by atoms with Crippen LogP contribution < -0.4 is 5.73 Å². The zero-order valence-electron chi connectivity index (χ0n) is 8.80. The highest BCUT2D eigenvalue weighted by molar-refractivity contribution is 7.84. The summed E-state index contributed by atoms with van der Waals surface area (Å²) >= 11 is 0. The lowest BCUT2D eigenvalue weighted by atomic mass is 10.2. The van der Waals surface area contributed by atoms with Crippen molar-refractivity contribution in [2.45, 2.75) is 31.7 Å². The average molecular weight is 215 g/mol. The average Bonchev–Trinajstić information content (AvgIpc) is 2.52. The lowest BCUT2D eigenvalue weighted by Gasteiger charge is -2.14. The largest absolute Gasteiger partial charge is 0.332 e. The van der Waals surface area contributed by atoms with Gasteiger partial charge in [-0.25, -0.2) is 4.98 Å². The quantitative estimate of drug-likeness (QED) is 0.803. The maximum atomic E-state index is 11.2. The van der Waals surface area contributed by atoms with Gasteiger partial charge >= 0.3 is 0 Å². The zero-order chi connectivity index (χ0) is 10.7. The molecule has 0 aliphatic carbocycles. The van der Waals surface area contributed by atoms with E-state index in [-0.39, 0.29) is 11.3 Å².